The summed E-state index contributed by atoms with van der Waals surface area (Å²) in [5.74, 6) is -0.149. The van der Waals surface area contributed by atoms with Gasteiger partial charge in [0, 0.05) is 38.4 Å². The zero-order chi connectivity index (χ0) is 21.6. The molecule has 0 saturated heterocycles. The fourth-order valence-corrected chi connectivity index (χ4v) is 2.49. The molecule has 0 atom stereocenters. The predicted octanol–water partition coefficient (Wildman–Crippen LogP) is 2.97. The average molecular weight is 399 g/mol. The number of benzene rings is 2. The van der Waals surface area contributed by atoms with Crippen molar-refractivity contribution in [3.63, 3.8) is 0 Å². The number of non-ortho nitro benzene ring substituents is 1. The number of carbonyl (C=O) groups is 2. The van der Waals surface area contributed by atoms with E-state index in [4.69, 9.17) is 9.47 Å². The number of carbonyl (C=O) groups excluding carboxylic acids is 2. The SMILES string of the molecule is COc1cc(NC(=O)/C=C/c2cccc([N+](=O)[O-])c2)c(C(=O)N(C)C)cc1OC. The summed E-state index contributed by atoms with van der Waals surface area (Å²) >= 11 is 0. The number of hydrogen-bond donors (Lipinski definition) is 1. The zero-order valence-electron chi connectivity index (χ0n) is 16.5. The van der Waals surface area contributed by atoms with E-state index >= 15 is 0 Å². The Bertz CT molecular complexity index is 969. The molecule has 29 heavy (non-hydrogen) atoms. The van der Waals surface area contributed by atoms with Crippen molar-refractivity contribution in [2.45, 2.75) is 0 Å². The second-order valence-corrected chi connectivity index (χ2v) is 6.13. The van der Waals surface area contributed by atoms with Gasteiger partial charge in [-0.2, -0.15) is 0 Å². The predicted molar refractivity (Wildman–Crippen MR) is 108 cm³/mol. The summed E-state index contributed by atoms with van der Waals surface area (Å²) in [5, 5.41) is 13.5. The minimum absolute atomic E-state index is 0.0775. The van der Waals surface area contributed by atoms with Crippen LogP contribution < -0.4 is 14.8 Å². The Labute approximate surface area is 167 Å². The number of hydrogen-bond acceptors (Lipinski definition) is 6. The molecule has 0 radical (unpaired) electrons. The van der Waals surface area contributed by atoms with Crippen LogP contribution in [0.2, 0.25) is 0 Å². The molecule has 0 aliphatic heterocycles. The quantitative estimate of drug-likeness (QED) is 0.435. The molecular weight excluding hydrogens is 378 g/mol. The number of amides is 2. The number of anilines is 1. The van der Waals surface area contributed by atoms with Crippen LogP contribution in [-0.4, -0.2) is 50.0 Å². The number of ether oxygens (including phenoxy) is 2. The Morgan fingerprint density at radius 2 is 1.76 bits per heavy atom. The normalized spacial score (nSPS) is 10.5. The molecule has 2 aromatic rings. The molecule has 9 nitrogen and oxygen atoms in total. The first kappa shape index (κ1) is 21.4. The highest BCUT2D eigenvalue weighted by Gasteiger charge is 2.19. The summed E-state index contributed by atoms with van der Waals surface area (Å²) < 4.78 is 10.5. The van der Waals surface area contributed by atoms with Crippen LogP contribution in [0.1, 0.15) is 15.9 Å². The molecule has 0 spiro atoms. The first-order valence-corrected chi connectivity index (χ1v) is 8.48. The van der Waals surface area contributed by atoms with E-state index in [1.165, 1.54) is 61.6 Å². The third kappa shape index (κ3) is 5.32. The lowest BCUT2D eigenvalue weighted by Gasteiger charge is -2.17. The maximum Gasteiger partial charge on any atom is 0.270 e. The summed E-state index contributed by atoms with van der Waals surface area (Å²) in [6, 6.07) is 8.85. The molecule has 0 aliphatic carbocycles. The zero-order valence-corrected chi connectivity index (χ0v) is 16.5. The lowest BCUT2D eigenvalue weighted by molar-refractivity contribution is -0.384. The molecule has 0 aliphatic rings. The van der Waals surface area contributed by atoms with Crippen molar-refractivity contribution in [3.05, 3.63) is 63.7 Å². The van der Waals surface area contributed by atoms with E-state index in [1.807, 2.05) is 0 Å². The summed E-state index contributed by atoms with van der Waals surface area (Å²) in [6.07, 6.45) is 2.66. The number of nitrogens with one attached hydrogen (secondary N) is 1. The number of nitro benzene ring substituents is 1. The first-order chi connectivity index (χ1) is 13.8. The van der Waals surface area contributed by atoms with Crippen LogP contribution in [0.15, 0.2) is 42.5 Å². The van der Waals surface area contributed by atoms with Crippen molar-refractivity contribution < 1.29 is 24.0 Å². The monoisotopic (exact) mass is 399 g/mol. The van der Waals surface area contributed by atoms with Gasteiger partial charge in [0.2, 0.25) is 5.91 Å². The van der Waals surface area contributed by atoms with Gasteiger partial charge in [0.1, 0.15) is 0 Å². The molecule has 0 bridgehead atoms. The Morgan fingerprint density at radius 3 is 2.34 bits per heavy atom. The van der Waals surface area contributed by atoms with Crippen LogP contribution in [-0.2, 0) is 4.79 Å². The second kappa shape index (κ2) is 9.36. The highest BCUT2D eigenvalue weighted by molar-refractivity contribution is 6.08. The molecular formula is C20H21N3O6. The Kier molecular flexibility index (Phi) is 6.91. The van der Waals surface area contributed by atoms with Crippen LogP contribution in [0.5, 0.6) is 11.5 Å². The fraction of sp³-hybridized carbons (Fsp3) is 0.200. The largest absolute Gasteiger partial charge is 0.493 e. The lowest BCUT2D eigenvalue weighted by Crippen LogP contribution is -2.24. The van der Waals surface area contributed by atoms with Gasteiger partial charge >= 0.3 is 0 Å². The highest BCUT2D eigenvalue weighted by Crippen LogP contribution is 2.34. The minimum atomic E-state index is -0.517. The molecule has 2 rings (SSSR count). The smallest absolute Gasteiger partial charge is 0.270 e. The highest BCUT2D eigenvalue weighted by atomic mass is 16.6. The number of nitro groups is 1. The Hall–Kier alpha value is -3.88. The van der Waals surface area contributed by atoms with E-state index in [2.05, 4.69) is 5.32 Å². The lowest BCUT2D eigenvalue weighted by atomic mass is 10.1. The van der Waals surface area contributed by atoms with Crippen molar-refractivity contribution in [1.82, 2.24) is 4.90 Å². The molecule has 152 valence electrons. The molecule has 0 saturated carbocycles. The van der Waals surface area contributed by atoms with E-state index < -0.39 is 10.8 Å². The number of nitrogens with zero attached hydrogens (tertiary/aromatic N) is 2. The van der Waals surface area contributed by atoms with Crippen LogP contribution in [0.3, 0.4) is 0 Å². The van der Waals surface area contributed by atoms with Gasteiger partial charge < -0.3 is 19.7 Å². The number of rotatable bonds is 7. The summed E-state index contributed by atoms with van der Waals surface area (Å²) in [6.45, 7) is 0. The van der Waals surface area contributed by atoms with Crippen molar-refractivity contribution in [3.8, 4) is 11.5 Å². The van der Waals surface area contributed by atoms with Gasteiger partial charge in [0.15, 0.2) is 11.5 Å². The molecule has 0 heterocycles. The topological polar surface area (TPSA) is 111 Å². The van der Waals surface area contributed by atoms with Crippen LogP contribution in [0, 0.1) is 10.1 Å². The van der Waals surface area contributed by atoms with E-state index in [1.54, 1.807) is 20.2 Å². The molecule has 0 aromatic heterocycles. The fourth-order valence-electron chi connectivity index (χ4n) is 2.49. The average Bonchev–Trinajstić information content (AvgIpc) is 2.71. The molecule has 2 amide bonds. The summed E-state index contributed by atoms with van der Waals surface area (Å²) in [4.78, 5) is 36.6. The van der Waals surface area contributed by atoms with Gasteiger partial charge in [-0.05, 0) is 17.7 Å². The van der Waals surface area contributed by atoms with Gasteiger partial charge in [-0.25, -0.2) is 0 Å². The third-order valence-electron chi connectivity index (χ3n) is 3.93. The molecule has 0 unspecified atom stereocenters. The molecule has 2 aromatic carbocycles. The Balaban J connectivity index is 2.32. The number of methoxy groups -OCH3 is 2. The van der Waals surface area contributed by atoms with Crippen molar-refractivity contribution in [2.24, 2.45) is 0 Å². The third-order valence-corrected chi connectivity index (χ3v) is 3.93. The van der Waals surface area contributed by atoms with E-state index in [9.17, 15) is 19.7 Å². The van der Waals surface area contributed by atoms with Gasteiger partial charge in [-0.1, -0.05) is 12.1 Å². The minimum Gasteiger partial charge on any atom is -0.493 e. The van der Waals surface area contributed by atoms with Gasteiger partial charge in [-0.15, -0.1) is 0 Å². The second-order valence-electron chi connectivity index (χ2n) is 6.13. The maximum atomic E-state index is 12.5. The maximum absolute atomic E-state index is 12.5. The molecule has 9 heteroatoms. The summed E-state index contributed by atoms with van der Waals surface area (Å²) in [5.41, 5.74) is 0.886. The van der Waals surface area contributed by atoms with Crippen LogP contribution in [0.25, 0.3) is 6.08 Å². The van der Waals surface area contributed by atoms with Gasteiger partial charge in [0.05, 0.1) is 30.4 Å². The Morgan fingerprint density at radius 1 is 1.10 bits per heavy atom. The van der Waals surface area contributed by atoms with Gasteiger partial charge in [0.25, 0.3) is 11.6 Å². The van der Waals surface area contributed by atoms with Gasteiger partial charge in [-0.3, -0.25) is 19.7 Å². The molecule has 0 fully saturated rings. The standard InChI is InChI=1S/C20H21N3O6/c1-22(2)20(25)15-11-17(28-3)18(29-4)12-16(15)21-19(24)9-8-13-6-5-7-14(10-13)23(26)27/h5-12H,1-4H3,(H,21,24)/b9-8+. The van der Waals surface area contributed by atoms with Crippen molar-refractivity contribution in [2.75, 3.05) is 33.6 Å². The summed E-state index contributed by atoms with van der Waals surface area (Å²) in [7, 11) is 6.07. The van der Waals surface area contributed by atoms with E-state index in [-0.39, 0.29) is 22.8 Å². The van der Waals surface area contributed by atoms with E-state index in [0.29, 0.717) is 17.1 Å². The first-order valence-electron chi connectivity index (χ1n) is 8.48. The van der Waals surface area contributed by atoms with Crippen LogP contribution >= 0.6 is 0 Å². The van der Waals surface area contributed by atoms with Crippen LogP contribution in [0.4, 0.5) is 11.4 Å². The van der Waals surface area contributed by atoms with Crippen molar-refractivity contribution >= 4 is 29.3 Å². The molecule has 1 N–H and O–H groups in total. The van der Waals surface area contributed by atoms with Crippen molar-refractivity contribution in [1.29, 1.82) is 0 Å². The van der Waals surface area contributed by atoms with E-state index in [0.717, 1.165) is 0 Å².